The molecule has 1 atom stereocenters. The summed E-state index contributed by atoms with van der Waals surface area (Å²) < 4.78 is 10.3. The Hall–Kier alpha value is -2.69. The van der Waals surface area contributed by atoms with Crippen LogP contribution in [0.15, 0.2) is 30.3 Å². The van der Waals surface area contributed by atoms with Crippen LogP contribution in [0.1, 0.15) is 45.4 Å². The number of nitrogens with zero attached hydrogens (tertiary/aromatic N) is 1. The van der Waals surface area contributed by atoms with Crippen molar-refractivity contribution in [1.29, 1.82) is 0 Å². The second-order valence-corrected chi connectivity index (χ2v) is 6.64. The molecule has 1 aromatic carbocycles. The maximum atomic E-state index is 12.8. The summed E-state index contributed by atoms with van der Waals surface area (Å²) in [4.78, 5) is 29.6. The summed E-state index contributed by atoms with van der Waals surface area (Å²) >= 11 is 0. The van der Waals surface area contributed by atoms with Gasteiger partial charge in [0.2, 0.25) is 0 Å². The fourth-order valence-corrected chi connectivity index (χ4v) is 3.86. The van der Waals surface area contributed by atoms with Crippen molar-refractivity contribution < 1.29 is 19.1 Å². The number of aromatic nitrogens is 1. The van der Waals surface area contributed by atoms with Crippen molar-refractivity contribution in [3.63, 3.8) is 0 Å². The largest absolute Gasteiger partial charge is 0.468 e. The van der Waals surface area contributed by atoms with Gasteiger partial charge in [0.15, 0.2) is 5.69 Å². The molecule has 0 amide bonds. The van der Waals surface area contributed by atoms with Gasteiger partial charge in [-0.1, -0.05) is 30.3 Å². The summed E-state index contributed by atoms with van der Waals surface area (Å²) in [7, 11) is 1.41. The van der Waals surface area contributed by atoms with Crippen molar-refractivity contribution in [3.8, 4) is 0 Å². The van der Waals surface area contributed by atoms with Gasteiger partial charge in [0.25, 0.3) is 0 Å². The van der Waals surface area contributed by atoms with Gasteiger partial charge < -0.3 is 9.47 Å². The van der Waals surface area contributed by atoms with Gasteiger partial charge >= 0.3 is 11.9 Å². The number of ether oxygens (including phenoxy) is 2. The van der Waals surface area contributed by atoms with Gasteiger partial charge in [0, 0.05) is 5.69 Å². The summed E-state index contributed by atoms with van der Waals surface area (Å²) in [5.74, 6) is -0.692. The van der Waals surface area contributed by atoms with E-state index in [4.69, 9.17) is 9.47 Å². The van der Waals surface area contributed by atoms with Gasteiger partial charge in [0.1, 0.15) is 5.41 Å². The van der Waals surface area contributed by atoms with Gasteiger partial charge in [0.05, 0.1) is 13.7 Å². The Bertz CT molecular complexity index is 860. The number of esters is 2. The first kappa shape index (κ1) is 18.1. The van der Waals surface area contributed by atoms with Crippen LogP contribution in [0.5, 0.6) is 0 Å². The number of benzene rings is 1. The number of hydrogen-bond acceptors (Lipinski definition) is 5. The highest BCUT2D eigenvalue weighted by Crippen LogP contribution is 2.43. The molecule has 1 aromatic heterocycles. The molecule has 0 bridgehead atoms. The zero-order valence-electron chi connectivity index (χ0n) is 15.6. The van der Waals surface area contributed by atoms with E-state index >= 15 is 0 Å². The lowest BCUT2D eigenvalue weighted by Crippen LogP contribution is -2.38. The van der Waals surface area contributed by atoms with E-state index in [0.29, 0.717) is 25.1 Å². The molecule has 1 unspecified atom stereocenters. The number of rotatable bonds is 4. The number of methoxy groups -OCH3 is 1. The summed E-state index contributed by atoms with van der Waals surface area (Å²) in [5, 5.41) is 0. The van der Waals surface area contributed by atoms with E-state index in [0.717, 1.165) is 27.9 Å². The molecule has 2 aromatic rings. The van der Waals surface area contributed by atoms with Crippen molar-refractivity contribution in [2.75, 3.05) is 13.7 Å². The predicted molar refractivity (Wildman–Crippen MR) is 97.2 cm³/mol. The zero-order chi connectivity index (χ0) is 18.9. The lowest BCUT2D eigenvalue weighted by atomic mass is 9.77. The molecule has 26 heavy (non-hydrogen) atoms. The molecule has 0 radical (unpaired) electrons. The van der Waals surface area contributed by atoms with Gasteiger partial charge in [-0.25, -0.2) is 9.78 Å². The maximum Gasteiger partial charge on any atom is 0.357 e. The average Bonchev–Trinajstić information content (AvgIpc) is 3.08. The molecule has 5 heteroatoms. The van der Waals surface area contributed by atoms with Crippen LogP contribution in [-0.4, -0.2) is 30.6 Å². The van der Waals surface area contributed by atoms with E-state index in [1.807, 2.05) is 44.2 Å². The Morgan fingerprint density at radius 2 is 1.77 bits per heavy atom. The van der Waals surface area contributed by atoms with Gasteiger partial charge in [-0.2, -0.15) is 0 Å². The first-order chi connectivity index (χ1) is 12.4. The second kappa shape index (κ2) is 6.90. The van der Waals surface area contributed by atoms with Crippen LogP contribution < -0.4 is 0 Å². The molecule has 0 saturated carbocycles. The van der Waals surface area contributed by atoms with Crippen molar-refractivity contribution in [2.45, 2.75) is 39.0 Å². The van der Waals surface area contributed by atoms with Crippen LogP contribution in [0.4, 0.5) is 0 Å². The quantitative estimate of drug-likeness (QED) is 0.790. The lowest BCUT2D eigenvalue weighted by Gasteiger charge is -2.26. The normalized spacial score (nSPS) is 18.3. The van der Waals surface area contributed by atoms with E-state index in [1.54, 1.807) is 6.92 Å². The number of carbonyl (C=O) groups excluding carboxylic acids is 2. The summed E-state index contributed by atoms with van der Waals surface area (Å²) in [5.41, 5.74) is 4.01. The molecule has 136 valence electrons. The summed E-state index contributed by atoms with van der Waals surface area (Å²) in [6.45, 7) is 5.81. The molecule has 0 N–H and O–H groups in total. The van der Waals surface area contributed by atoms with E-state index in [1.165, 1.54) is 7.11 Å². The number of hydrogen-bond donors (Lipinski definition) is 0. The highest BCUT2D eigenvalue weighted by molar-refractivity contribution is 5.91. The van der Waals surface area contributed by atoms with Crippen LogP contribution in [0.25, 0.3) is 0 Å². The standard InChI is InChI=1S/C21H23NO4/c1-5-26-19(23)18-13(2)16-11-21(20(24)25-4,12-17(16)14(3)22-18)15-9-7-6-8-10-15/h6-10H,5,11-12H2,1-4H3. The first-order valence-electron chi connectivity index (χ1n) is 8.74. The molecule has 1 aliphatic carbocycles. The topological polar surface area (TPSA) is 65.5 Å². The third-order valence-electron chi connectivity index (χ3n) is 5.22. The molecule has 1 aliphatic rings. The van der Waals surface area contributed by atoms with Gasteiger partial charge in [-0.15, -0.1) is 0 Å². The van der Waals surface area contributed by atoms with Crippen molar-refractivity contribution in [1.82, 2.24) is 4.98 Å². The minimum absolute atomic E-state index is 0.267. The Morgan fingerprint density at radius 1 is 1.12 bits per heavy atom. The minimum atomic E-state index is -0.789. The smallest absolute Gasteiger partial charge is 0.357 e. The highest BCUT2D eigenvalue weighted by atomic mass is 16.5. The molecule has 0 saturated heterocycles. The van der Waals surface area contributed by atoms with Crippen molar-refractivity contribution in [3.05, 3.63) is 64.0 Å². The highest BCUT2D eigenvalue weighted by Gasteiger charge is 2.48. The van der Waals surface area contributed by atoms with Gasteiger partial charge in [-0.3, -0.25) is 4.79 Å². The Morgan fingerprint density at radius 3 is 2.38 bits per heavy atom. The van der Waals surface area contributed by atoms with Crippen molar-refractivity contribution >= 4 is 11.9 Å². The van der Waals surface area contributed by atoms with E-state index in [-0.39, 0.29) is 5.97 Å². The van der Waals surface area contributed by atoms with Gasteiger partial charge in [-0.05, 0) is 55.9 Å². The Kier molecular flexibility index (Phi) is 4.81. The monoisotopic (exact) mass is 353 g/mol. The summed E-state index contributed by atoms with van der Waals surface area (Å²) in [6, 6.07) is 9.67. The zero-order valence-corrected chi connectivity index (χ0v) is 15.6. The Balaban J connectivity index is 2.14. The maximum absolute atomic E-state index is 12.8. The lowest BCUT2D eigenvalue weighted by molar-refractivity contribution is -0.147. The molecule has 1 heterocycles. The molecule has 0 fully saturated rings. The third kappa shape index (κ3) is 2.77. The number of carbonyl (C=O) groups is 2. The number of fused-ring (bicyclic) bond motifs is 1. The second-order valence-electron chi connectivity index (χ2n) is 6.64. The van der Waals surface area contributed by atoms with E-state index in [9.17, 15) is 9.59 Å². The molecular formula is C21H23NO4. The predicted octanol–water partition coefficient (Wildman–Crippen LogP) is 3.08. The van der Waals surface area contributed by atoms with Crippen LogP contribution in [0.2, 0.25) is 0 Å². The first-order valence-corrected chi connectivity index (χ1v) is 8.74. The van der Waals surface area contributed by atoms with E-state index in [2.05, 4.69) is 4.98 Å². The van der Waals surface area contributed by atoms with Crippen LogP contribution in [0.3, 0.4) is 0 Å². The average molecular weight is 353 g/mol. The molecule has 0 aliphatic heterocycles. The summed E-state index contributed by atoms with van der Waals surface area (Å²) in [6.07, 6.45) is 1.00. The van der Waals surface area contributed by atoms with E-state index < -0.39 is 11.4 Å². The Labute approximate surface area is 153 Å². The molecule has 0 spiro atoms. The van der Waals surface area contributed by atoms with Crippen LogP contribution in [-0.2, 0) is 32.5 Å². The molecular weight excluding hydrogens is 330 g/mol. The SMILES string of the molecule is CCOC(=O)c1nc(C)c2c(c1C)CC(C(=O)OC)(c1ccccc1)C2. The van der Waals surface area contributed by atoms with Crippen molar-refractivity contribution in [2.24, 2.45) is 0 Å². The number of pyridine rings is 1. The molecule has 3 rings (SSSR count). The van der Waals surface area contributed by atoms with Crippen LogP contribution >= 0.6 is 0 Å². The fraction of sp³-hybridized carbons (Fsp3) is 0.381. The third-order valence-corrected chi connectivity index (χ3v) is 5.22. The minimum Gasteiger partial charge on any atom is -0.468 e. The fourth-order valence-electron chi connectivity index (χ4n) is 3.86. The van der Waals surface area contributed by atoms with Crippen LogP contribution in [0, 0.1) is 13.8 Å². The molecule has 5 nitrogen and oxygen atoms in total. The number of aryl methyl sites for hydroxylation is 1.